The van der Waals surface area contributed by atoms with E-state index < -0.39 is 0 Å². The van der Waals surface area contributed by atoms with Crippen LogP contribution in [0.15, 0.2) is 4.47 Å². The predicted octanol–water partition coefficient (Wildman–Crippen LogP) is 4.09. The summed E-state index contributed by atoms with van der Waals surface area (Å²) in [6, 6.07) is 0. The summed E-state index contributed by atoms with van der Waals surface area (Å²) in [6.07, 6.45) is 1.04. The molecule has 0 amide bonds. The molecule has 0 aromatic carbocycles. The molecule has 0 saturated heterocycles. The Labute approximate surface area is 115 Å². The van der Waals surface area contributed by atoms with Crippen LogP contribution in [0.2, 0.25) is 0 Å². The molecule has 1 aromatic rings. The fourth-order valence-electron chi connectivity index (χ4n) is 1.66. The third kappa shape index (κ3) is 2.70. The third-order valence-electron chi connectivity index (χ3n) is 3.53. The van der Waals surface area contributed by atoms with Gasteiger partial charge in [-0.2, -0.15) is 5.10 Å². The second kappa shape index (κ2) is 5.21. The molecule has 92 valence electrons. The van der Waals surface area contributed by atoms with Gasteiger partial charge in [-0.15, -0.1) is 0 Å². The van der Waals surface area contributed by atoms with E-state index in [0.717, 1.165) is 21.9 Å². The molecule has 0 aliphatic carbocycles. The molecule has 0 bridgehead atoms. The van der Waals surface area contributed by atoms with Crippen molar-refractivity contribution in [3.05, 3.63) is 15.9 Å². The van der Waals surface area contributed by atoms with Gasteiger partial charge in [0.25, 0.3) is 0 Å². The maximum absolute atomic E-state index is 4.44. The Morgan fingerprint density at radius 1 is 1.44 bits per heavy atom. The first-order valence-electron chi connectivity index (χ1n) is 5.55. The second-order valence-electron chi connectivity index (χ2n) is 5.09. The Hall–Kier alpha value is 0.170. The van der Waals surface area contributed by atoms with Crippen LogP contribution in [0.25, 0.3) is 0 Å². The van der Waals surface area contributed by atoms with E-state index in [1.165, 1.54) is 5.69 Å². The minimum atomic E-state index is 0.267. The average Bonchev–Trinajstić information content (AvgIpc) is 2.44. The van der Waals surface area contributed by atoms with Gasteiger partial charge in [-0.25, -0.2) is 0 Å². The molecule has 0 aliphatic rings. The van der Waals surface area contributed by atoms with Gasteiger partial charge >= 0.3 is 0 Å². The molecule has 0 radical (unpaired) electrons. The van der Waals surface area contributed by atoms with E-state index in [1.807, 2.05) is 18.7 Å². The van der Waals surface area contributed by atoms with Crippen LogP contribution in [0.5, 0.6) is 0 Å². The first-order valence-corrected chi connectivity index (χ1v) is 7.47. The second-order valence-corrected chi connectivity index (χ2v) is 6.44. The first kappa shape index (κ1) is 14.2. The van der Waals surface area contributed by atoms with Crippen LogP contribution in [0.3, 0.4) is 0 Å². The molecule has 2 nitrogen and oxygen atoms in total. The molecule has 16 heavy (non-hydrogen) atoms. The van der Waals surface area contributed by atoms with Gasteiger partial charge in [-0.1, -0.05) is 36.7 Å². The standard InChI is InChI=1S/C12H20Br2N2/c1-8(2)12(4,7-13)6-10-11(14)9(3)15-16(10)5/h8H,6-7H2,1-5H3. The zero-order valence-electron chi connectivity index (χ0n) is 10.6. The van der Waals surface area contributed by atoms with Crippen molar-refractivity contribution in [3.63, 3.8) is 0 Å². The molecule has 4 heteroatoms. The zero-order valence-corrected chi connectivity index (χ0v) is 13.8. The summed E-state index contributed by atoms with van der Waals surface area (Å²) in [5.74, 6) is 0.633. The molecule has 1 rings (SSSR count). The monoisotopic (exact) mass is 350 g/mol. The molecule has 0 N–H and O–H groups in total. The zero-order chi connectivity index (χ0) is 12.5. The molecule has 0 spiro atoms. The molecular weight excluding hydrogens is 332 g/mol. The minimum absolute atomic E-state index is 0.267. The highest BCUT2D eigenvalue weighted by molar-refractivity contribution is 9.10. The van der Waals surface area contributed by atoms with Crippen LogP contribution >= 0.6 is 31.9 Å². The number of halogens is 2. The SMILES string of the molecule is Cc1nn(C)c(CC(C)(CBr)C(C)C)c1Br. The Bertz CT molecular complexity index is 371. The Kier molecular flexibility index (Phi) is 4.64. The van der Waals surface area contributed by atoms with Gasteiger partial charge < -0.3 is 0 Å². The van der Waals surface area contributed by atoms with Crippen molar-refractivity contribution < 1.29 is 0 Å². The Balaban J connectivity index is 3.03. The van der Waals surface area contributed by atoms with Crippen LogP contribution in [0.4, 0.5) is 0 Å². The largest absolute Gasteiger partial charge is 0.271 e. The maximum Gasteiger partial charge on any atom is 0.0738 e. The summed E-state index contributed by atoms with van der Waals surface area (Å²) < 4.78 is 3.14. The van der Waals surface area contributed by atoms with Gasteiger partial charge in [0.1, 0.15) is 0 Å². The number of rotatable bonds is 4. The molecule has 1 atom stereocenters. The molecule has 1 unspecified atom stereocenters. The van der Waals surface area contributed by atoms with Crippen LogP contribution in [-0.2, 0) is 13.5 Å². The van der Waals surface area contributed by atoms with Crippen LogP contribution in [-0.4, -0.2) is 15.1 Å². The Morgan fingerprint density at radius 2 is 2.00 bits per heavy atom. The molecule has 1 aromatic heterocycles. The lowest BCUT2D eigenvalue weighted by Crippen LogP contribution is -2.29. The van der Waals surface area contributed by atoms with Crippen molar-refractivity contribution in [2.45, 2.75) is 34.1 Å². The number of nitrogens with zero attached hydrogens (tertiary/aromatic N) is 2. The fourth-order valence-corrected chi connectivity index (χ4v) is 2.98. The van der Waals surface area contributed by atoms with Crippen molar-refractivity contribution in [3.8, 4) is 0 Å². The highest BCUT2D eigenvalue weighted by Gasteiger charge is 2.30. The van der Waals surface area contributed by atoms with Crippen LogP contribution in [0.1, 0.15) is 32.2 Å². The van der Waals surface area contributed by atoms with Crippen LogP contribution in [0, 0.1) is 18.3 Å². The van der Waals surface area contributed by atoms with Crippen molar-refractivity contribution >= 4 is 31.9 Å². The molecular formula is C12H20Br2N2. The van der Waals surface area contributed by atoms with Gasteiger partial charge in [0.05, 0.1) is 15.9 Å². The third-order valence-corrected chi connectivity index (χ3v) is 5.84. The number of aromatic nitrogens is 2. The van der Waals surface area contributed by atoms with Crippen molar-refractivity contribution in [2.75, 3.05) is 5.33 Å². The summed E-state index contributed by atoms with van der Waals surface area (Å²) in [4.78, 5) is 0. The van der Waals surface area contributed by atoms with E-state index in [1.54, 1.807) is 0 Å². The minimum Gasteiger partial charge on any atom is -0.271 e. The number of alkyl halides is 1. The summed E-state index contributed by atoms with van der Waals surface area (Å²) in [5, 5.41) is 5.45. The highest BCUT2D eigenvalue weighted by atomic mass is 79.9. The number of aryl methyl sites for hydroxylation is 2. The van der Waals surface area contributed by atoms with E-state index in [2.05, 4.69) is 57.7 Å². The normalized spacial score (nSPS) is 15.5. The van der Waals surface area contributed by atoms with Crippen LogP contribution < -0.4 is 0 Å². The maximum atomic E-state index is 4.44. The lowest BCUT2D eigenvalue weighted by Gasteiger charge is -2.32. The Morgan fingerprint density at radius 3 is 2.31 bits per heavy atom. The summed E-state index contributed by atoms with van der Waals surface area (Å²) >= 11 is 7.27. The average molecular weight is 352 g/mol. The summed E-state index contributed by atoms with van der Waals surface area (Å²) in [6.45, 7) is 8.91. The van der Waals surface area contributed by atoms with Gasteiger partial charge in [-0.3, -0.25) is 4.68 Å². The predicted molar refractivity (Wildman–Crippen MR) is 76.1 cm³/mol. The van der Waals surface area contributed by atoms with Crippen molar-refractivity contribution in [2.24, 2.45) is 18.4 Å². The smallest absolute Gasteiger partial charge is 0.0738 e. The fraction of sp³-hybridized carbons (Fsp3) is 0.750. The van der Waals surface area contributed by atoms with E-state index in [0.29, 0.717) is 5.92 Å². The molecule has 0 fully saturated rings. The van der Waals surface area contributed by atoms with E-state index >= 15 is 0 Å². The summed E-state index contributed by atoms with van der Waals surface area (Å²) in [5.41, 5.74) is 2.62. The number of hydrogen-bond donors (Lipinski definition) is 0. The summed E-state index contributed by atoms with van der Waals surface area (Å²) in [7, 11) is 2.02. The van der Waals surface area contributed by atoms with Crippen molar-refractivity contribution in [1.82, 2.24) is 9.78 Å². The highest BCUT2D eigenvalue weighted by Crippen LogP contribution is 2.35. The quantitative estimate of drug-likeness (QED) is 0.747. The van der Waals surface area contributed by atoms with E-state index in [9.17, 15) is 0 Å². The van der Waals surface area contributed by atoms with Gasteiger partial charge in [0, 0.05) is 12.4 Å². The molecule has 1 heterocycles. The van der Waals surface area contributed by atoms with E-state index in [-0.39, 0.29) is 5.41 Å². The van der Waals surface area contributed by atoms with Crippen molar-refractivity contribution in [1.29, 1.82) is 0 Å². The lowest BCUT2D eigenvalue weighted by atomic mass is 9.77. The van der Waals surface area contributed by atoms with Gasteiger partial charge in [0.15, 0.2) is 0 Å². The van der Waals surface area contributed by atoms with Gasteiger partial charge in [-0.05, 0) is 40.6 Å². The lowest BCUT2D eigenvalue weighted by molar-refractivity contribution is 0.252. The number of hydrogen-bond acceptors (Lipinski definition) is 1. The van der Waals surface area contributed by atoms with Gasteiger partial charge in [0.2, 0.25) is 0 Å². The topological polar surface area (TPSA) is 17.8 Å². The molecule has 0 aliphatic heterocycles. The first-order chi connectivity index (χ1) is 7.31. The molecule has 0 saturated carbocycles. The van der Waals surface area contributed by atoms with E-state index in [4.69, 9.17) is 0 Å².